The molecule has 1 aliphatic rings. The third-order valence-electron chi connectivity index (χ3n) is 11.8. The fraction of sp³-hybridized carbons (Fsp3) is 0.0182. The molecule has 0 saturated heterocycles. The van der Waals surface area contributed by atoms with Gasteiger partial charge in [-0.15, -0.1) is 0 Å². The second-order valence-corrected chi connectivity index (χ2v) is 15.0. The number of rotatable bonds is 7. The monoisotopic (exact) mass is 752 g/mol. The Morgan fingerprint density at radius 3 is 1.47 bits per heavy atom. The molecule has 1 aliphatic carbocycles. The Hall–Kier alpha value is -7.82. The van der Waals surface area contributed by atoms with Crippen LogP contribution < -0.4 is 0 Å². The van der Waals surface area contributed by atoms with E-state index in [0.717, 1.165) is 61.5 Å². The summed E-state index contributed by atoms with van der Waals surface area (Å²) in [7, 11) is 0. The predicted molar refractivity (Wildman–Crippen MR) is 240 cm³/mol. The molecule has 0 radical (unpaired) electrons. The van der Waals surface area contributed by atoms with Crippen molar-refractivity contribution in [3.05, 3.63) is 241 Å². The highest BCUT2D eigenvalue weighted by atomic mass is 14.7. The lowest BCUT2D eigenvalue weighted by atomic mass is 9.60. The Kier molecular flexibility index (Phi) is 8.34. The molecule has 276 valence electrons. The van der Waals surface area contributed by atoms with Gasteiger partial charge in [0.15, 0.2) is 0 Å². The molecule has 0 bridgehead atoms. The molecular formula is C55H36N4. The first kappa shape index (κ1) is 34.4. The standard InChI is InChI=1S/C55H36N4/c1-3-13-44(14-4-1)55(45-15-5-2-6-16-45)48-18-8-7-17-46(48)47-36-53(58-50-20-10-19-49(55)54(47)50)42-12-9-11-41(33-42)37-21-23-38(24-22-37)43-34-51(39-25-29-56-30-26-39)59-52(35-43)40-27-31-57-32-28-40/h1-36H. The van der Waals surface area contributed by atoms with Crippen LogP contribution in [-0.2, 0) is 5.41 Å². The Labute approximate surface area is 343 Å². The van der Waals surface area contributed by atoms with Gasteiger partial charge < -0.3 is 0 Å². The van der Waals surface area contributed by atoms with Crippen molar-refractivity contribution in [1.29, 1.82) is 0 Å². The number of nitrogens with zero attached hydrogens (tertiary/aromatic N) is 4. The summed E-state index contributed by atoms with van der Waals surface area (Å²) in [6.07, 6.45) is 7.22. The molecule has 59 heavy (non-hydrogen) atoms. The lowest BCUT2D eigenvalue weighted by Crippen LogP contribution is -2.33. The van der Waals surface area contributed by atoms with Crippen LogP contribution in [0.2, 0.25) is 0 Å². The zero-order valence-corrected chi connectivity index (χ0v) is 32.1. The van der Waals surface area contributed by atoms with Crippen molar-refractivity contribution < 1.29 is 0 Å². The normalized spacial score (nSPS) is 12.5. The first-order valence-corrected chi connectivity index (χ1v) is 19.9. The zero-order valence-electron chi connectivity index (χ0n) is 32.1. The van der Waals surface area contributed by atoms with Crippen molar-refractivity contribution in [3.8, 4) is 67.2 Å². The molecule has 0 spiro atoms. The first-order chi connectivity index (χ1) is 29.2. The summed E-state index contributed by atoms with van der Waals surface area (Å²) in [5.74, 6) is 0. The van der Waals surface area contributed by atoms with E-state index in [4.69, 9.17) is 9.97 Å². The second kappa shape index (κ2) is 14.3. The van der Waals surface area contributed by atoms with Crippen LogP contribution >= 0.6 is 0 Å². The van der Waals surface area contributed by atoms with Crippen molar-refractivity contribution in [2.45, 2.75) is 5.41 Å². The third-order valence-corrected chi connectivity index (χ3v) is 11.8. The van der Waals surface area contributed by atoms with Gasteiger partial charge in [0, 0.05) is 46.9 Å². The fourth-order valence-electron chi connectivity index (χ4n) is 9.07. The van der Waals surface area contributed by atoms with Crippen molar-refractivity contribution in [2.75, 3.05) is 0 Å². The minimum Gasteiger partial charge on any atom is -0.265 e. The molecule has 0 saturated carbocycles. The quantitative estimate of drug-likeness (QED) is 0.163. The van der Waals surface area contributed by atoms with Crippen LogP contribution in [-0.4, -0.2) is 19.9 Å². The van der Waals surface area contributed by atoms with Crippen LogP contribution in [0.15, 0.2) is 219 Å². The van der Waals surface area contributed by atoms with Gasteiger partial charge in [0.2, 0.25) is 0 Å². The van der Waals surface area contributed by atoms with Gasteiger partial charge in [-0.1, -0.05) is 140 Å². The van der Waals surface area contributed by atoms with E-state index in [1.807, 2.05) is 24.3 Å². The predicted octanol–water partition coefficient (Wildman–Crippen LogP) is 13.1. The molecule has 11 rings (SSSR count). The van der Waals surface area contributed by atoms with E-state index in [1.54, 1.807) is 24.8 Å². The summed E-state index contributed by atoms with van der Waals surface area (Å²) in [5, 5.41) is 1.20. The molecule has 0 atom stereocenters. The number of aromatic nitrogens is 4. The smallest absolute Gasteiger partial charge is 0.0719 e. The Morgan fingerprint density at radius 2 is 0.831 bits per heavy atom. The lowest BCUT2D eigenvalue weighted by Gasteiger charge is -2.42. The van der Waals surface area contributed by atoms with Crippen LogP contribution in [0.3, 0.4) is 0 Å². The van der Waals surface area contributed by atoms with Crippen molar-refractivity contribution in [3.63, 3.8) is 0 Å². The molecular weight excluding hydrogens is 717 g/mol. The van der Waals surface area contributed by atoms with Crippen molar-refractivity contribution in [2.24, 2.45) is 0 Å². The van der Waals surface area contributed by atoms with Crippen LogP contribution in [0.5, 0.6) is 0 Å². The van der Waals surface area contributed by atoms with Gasteiger partial charge in [-0.25, -0.2) is 9.97 Å². The third kappa shape index (κ3) is 5.84. The number of hydrogen-bond acceptors (Lipinski definition) is 4. The molecule has 4 aromatic heterocycles. The van der Waals surface area contributed by atoms with E-state index in [1.165, 1.54) is 38.8 Å². The number of pyridine rings is 4. The molecule has 4 nitrogen and oxygen atoms in total. The van der Waals surface area contributed by atoms with Crippen LogP contribution in [0.1, 0.15) is 22.3 Å². The van der Waals surface area contributed by atoms with Gasteiger partial charge in [-0.2, -0.15) is 0 Å². The van der Waals surface area contributed by atoms with E-state index in [2.05, 4.69) is 180 Å². The minimum atomic E-state index is -0.502. The van der Waals surface area contributed by atoms with Crippen LogP contribution in [0.25, 0.3) is 78.1 Å². The van der Waals surface area contributed by atoms with Crippen molar-refractivity contribution in [1.82, 2.24) is 19.9 Å². The van der Waals surface area contributed by atoms with Gasteiger partial charge in [0.05, 0.1) is 28.0 Å². The number of hydrogen-bond donors (Lipinski definition) is 0. The molecule has 0 fully saturated rings. The SMILES string of the molecule is c1ccc(C2(c3ccccc3)c3ccccc3-c3cc(-c4cccc(-c5ccc(-c6cc(-c7ccncc7)nc(-c7ccncc7)c6)cc5)c4)nc4cccc2c34)cc1. The fourth-order valence-corrected chi connectivity index (χ4v) is 9.07. The molecule has 0 aliphatic heterocycles. The Morgan fingerprint density at radius 1 is 0.305 bits per heavy atom. The molecule has 0 unspecified atom stereocenters. The molecule has 4 heterocycles. The molecule has 0 N–H and O–H groups in total. The van der Waals surface area contributed by atoms with Crippen LogP contribution in [0.4, 0.5) is 0 Å². The van der Waals surface area contributed by atoms with E-state index < -0.39 is 5.41 Å². The summed E-state index contributed by atoms with van der Waals surface area (Å²) in [6, 6.07) is 69.6. The van der Waals surface area contributed by atoms with Gasteiger partial charge in [0.25, 0.3) is 0 Å². The maximum absolute atomic E-state index is 5.42. The maximum Gasteiger partial charge on any atom is 0.0719 e. The van der Waals surface area contributed by atoms with E-state index in [0.29, 0.717) is 0 Å². The summed E-state index contributed by atoms with van der Waals surface area (Å²) >= 11 is 0. The van der Waals surface area contributed by atoms with Gasteiger partial charge in [-0.05, 0) is 110 Å². The Balaban J connectivity index is 1.01. The molecule has 10 aromatic rings. The molecule has 0 amide bonds. The van der Waals surface area contributed by atoms with Gasteiger partial charge in [0.1, 0.15) is 0 Å². The second-order valence-electron chi connectivity index (χ2n) is 15.0. The average Bonchev–Trinajstić information content (AvgIpc) is 3.33. The summed E-state index contributed by atoms with van der Waals surface area (Å²) < 4.78 is 0. The van der Waals surface area contributed by atoms with Gasteiger partial charge in [-0.3, -0.25) is 9.97 Å². The highest BCUT2D eigenvalue weighted by Gasteiger charge is 2.44. The van der Waals surface area contributed by atoms with Crippen LogP contribution in [0, 0.1) is 0 Å². The van der Waals surface area contributed by atoms with E-state index in [-0.39, 0.29) is 0 Å². The Bertz CT molecular complexity index is 3030. The summed E-state index contributed by atoms with van der Waals surface area (Å²) in [6.45, 7) is 0. The number of fused-ring (bicyclic) bond motifs is 2. The topological polar surface area (TPSA) is 51.6 Å². The first-order valence-electron chi connectivity index (χ1n) is 19.9. The highest BCUT2D eigenvalue weighted by molar-refractivity contribution is 6.05. The summed E-state index contributed by atoms with van der Waals surface area (Å²) in [4.78, 5) is 18.9. The van der Waals surface area contributed by atoms with E-state index >= 15 is 0 Å². The molecule has 6 aromatic carbocycles. The summed E-state index contributed by atoms with van der Waals surface area (Å²) in [5.41, 5.74) is 18.3. The largest absolute Gasteiger partial charge is 0.265 e. The average molecular weight is 753 g/mol. The zero-order chi connectivity index (χ0) is 39.2. The highest BCUT2D eigenvalue weighted by Crippen LogP contribution is 2.55. The van der Waals surface area contributed by atoms with E-state index in [9.17, 15) is 0 Å². The molecule has 4 heteroatoms. The van der Waals surface area contributed by atoms with Gasteiger partial charge >= 0.3 is 0 Å². The number of benzene rings is 6. The van der Waals surface area contributed by atoms with Crippen molar-refractivity contribution >= 4 is 10.9 Å². The maximum atomic E-state index is 5.42. The lowest BCUT2D eigenvalue weighted by molar-refractivity contribution is 0.749. The minimum absolute atomic E-state index is 0.502.